The highest BCUT2D eigenvalue weighted by molar-refractivity contribution is 6.01. The fourth-order valence-corrected chi connectivity index (χ4v) is 3.91. The van der Waals surface area contributed by atoms with Crippen molar-refractivity contribution in [3.8, 4) is 6.01 Å². The zero-order valence-electron chi connectivity index (χ0n) is 16.9. The first kappa shape index (κ1) is 19.9. The number of rotatable bonds is 8. The zero-order chi connectivity index (χ0) is 19.4. The lowest BCUT2D eigenvalue weighted by Crippen LogP contribution is -2.41. The van der Waals surface area contributed by atoms with Crippen LogP contribution in [0.25, 0.3) is 0 Å². The van der Waals surface area contributed by atoms with Gasteiger partial charge >= 0.3 is 6.01 Å². The number of likely N-dealkylation sites (tertiary alicyclic amines) is 1. The van der Waals surface area contributed by atoms with Crippen molar-refractivity contribution in [2.24, 2.45) is 11.8 Å². The van der Waals surface area contributed by atoms with Crippen molar-refractivity contribution in [2.45, 2.75) is 52.9 Å². The molecule has 0 radical (unpaired) electrons. The molecule has 0 saturated carbocycles. The predicted octanol–water partition coefficient (Wildman–Crippen LogP) is 2.49. The molecule has 0 unspecified atom stereocenters. The molecular formula is C20H33N5O2. The topological polar surface area (TPSA) is 84.6 Å². The van der Waals surface area contributed by atoms with E-state index in [1.807, 2.05) is 4.90 Å². The minimum absolute atomic E-state index is 0.0707. The molecule has 7 nitrogen and oxygen atoms in total. The third kappa shape index (κ3) is 4.89. The van der Waals surface area contributed by atoms with Gasteiger partial charge in [-0.1, -0.05) is 27.2 Å². The number of nitrogens with two attached hydrogens (primary N) is 1. The van der Waals surface area contributed by atoms with Gasteiger partial charge in [-0.05, 0) is 44.2 Å². The van der Waals surface area contributed by atoms with Gasteiger partial charge in [-0.2, -0.15) is 9.97 Å². The van der Waals surface area contributed by atoms with Crippen LogP contribution in [0.4, 0.5) is 11.6 Å². The smallest absolute Gasteiger partial charge is 0.320 e. The maximum Gasteiger partial charge on any atom is 0.320 e. The second kappa shape index (κ2) is 8.87. The molecule has 27 heavy (non-hydrogen) atoms. The molecule has 0 aliphatic carbocycles. The van der Waals surface area contributed by atoms with Gasteiger partial charge in [-0.3, -0.25) is 9.69 Å². The average molecular weight is 376 g/mol. The van der Waals surface area contributed by atoms with Crippen LogP contribution in [0.2, 0.25) is 0 Å². The van der Waals surface area contributed by atoms with E-state index in [1.165, 1.54) is 0 Å². The Morgan fingerprint density at radius 2 is 2.00 bits per heavy atom. The minimum Gasteiger partial charge on any atom is -0.463 e. The quantitative estimate of drug-likeness (QED) is 0.703. The van der Waals surface area contributed by atoms with E-state index >= 15 is 0 Å². The van der Waals surface area contributed by atoms with E-state index in [0.717, 1.165) is 50.9 Å². The number of aromatic nitrogens is 2. The van der Waals surface area contributed by atoms with Crippen molar-refractivity contribution in [1.29, 1.82) is 0 Å². The van der Waals surface area contributed by atoms with Crippen molar-refractivity contribution in [3.63, 3.8) is 0 Å². The summed E-state index contributed by atoms with van der Waals surface area (Å²) in [4.78, 5) is 25.7. The molecule has 0 aromatic carbocycles. The Hall–Kier alpha value is -1.89. The maximum absolute atomic E-state index is 12.6. The molecule has 3 heterocycles. The Labute approximate surface area is 162 Å². The van der Waals surface area contributed by atoms with Gasteiger partial charge in [0.1, 0.15) is 11.6 Å². The number of nitrogen functional groups attached to an aromatic ring is 1. The highest BCUT2D eigenvalue weighted by Gasteiger charge is 2.34. The van der Waals surface area contributed by atoms with Crippen LogP contribution in [0.3, 0.4) is 0 Å². The molecule has 150 valence electrons. The monoisotopic (exact) mass is 375 g/mol. The summed E-state index contributed by atoms with van der Waals surface area (Å²) < 4.78 is 5.63. The SMILES string of the molecule is CCCCOc1nc(N)c2c(n1)N(CC1CCN(CC(C)C)CC1)C(=O)C2. The Kier molecular flexibility index (Phi) is 6.52. The van der Waals surface area contributed by atoms with Crippen molar-refractivity contribution < 1.29 is 9.53 Å². The number of carbonyl (C=O) groups is 1. The first-order valence-corrected chi connectivity index (χ1v) is 10.3. The summed E-state index contributed by atoms with van der Waals surface area (Å²) in [5, 5.41) is 0. The van der Waals surface area contributed by atoms with E-state index in [2.05, 4.69) is 35.6 Å². The van der Waals surface area contributed by atoms with E-state index in [4.69, 9.17) is 10.5 Å². The summed E-state index contributed by atoms with van der Waals surface area (Å²) in [6, 6.07) is 0.283. The van der Waals surface area contributed by atoms with Crippen LogP contribution in [0, 0.1) is 11.8 Å². The fraction of sp³-hybridized carbons (Fsp3) is 0.750. The Balaban J connectivity index is 1.65. The van der Waals surface area contributed by atoms with Crippen molar-refractivity contribution in [1.82, 2.24) is 14.9 Å². The van der Waals surface area contributed by atoms with Crippen LogP contribution >= 0.6 is 0 Å². The van der Waals surface area contributed by atoms with Gasteiger partial charge in [0.15, 0.2) is 0 Å². The number of anilines is 2. The molecule has 1 fully saturated rings. The molecule has 2 aliphatic rings. The first-order valence-electron chi connectivity index (χ1n) is 10.3. The van der Waals surface area contributed by atoms with Crippen molar-refractivity contribution in [2.75, 3.05) is 43.4 Å². The van der Waals surface area contributed by atoms with E-state index in [0.29, 0.717) is 43.0 Å². The van der Waals surface area contributed by atoms with Crippen molar-refractivity contribution in [3.05, 3.63) is 5.56 Å². The van der Waals surface area contributed by atoms with Crippen molar-refractivity contribution >= 4 is 17.5 Å². The van der Waals surface area contributed by atoms with Gasteiger partial charge in [-0.15, -0.1) is 0 Å². The Bertz CT molecular complexity index is 656. The molecule has 1 aromatic heterocycles. The third-order valence-electron chi connectivity index (χ3n) is 5.38. The van der Waals surface area contributed by atoms with E-state index in [-0.39, 0.29) is 11.9 Å². The van der Waals surface area contributed by atoms with Gasteiger partial charge in [0.05, 0.1) is 13.0 Å². The minimum atomic E-state index is 0.0707. The molecule has 0 atom stereocenters. The highest BCUT2D eigenvalue weighted by Crippen LogP contribution is 2.33. The average Bonchev–Trinajstić information content (AvgIpc) is 2.93. The zero-order valence-corrected chi connectivity index (χ0v) is 16.9. The summed E-state index contributed by atoms with van der Waals surface area (Å²) >= 11 is 0. The van der Waals surface area contributed by atoms with Crippen LogP contribution in [-0.4, -0.2) is 53.6 Å². The molecule has 1 aromatic rings. The third-order valence-corrected chi connectivity index (χ3v) is 5.38. The van der Waals surface area contributed by atoms with E-state index in [1.54, 1.807) is 0 Å². The number of fused-ring (bicyclic) bond motifs is 1. The maximum atomic E-state index is 12.6. The molecular weight excluding hydrogens is 342 g/mol. The molecule has 7 heteroatoms. The first-order chi connectivity index (χ1) is 13.0. The van der Waals surface area contributed by atoms with Gasteiger partial charge in [-0.25, -0.2) is 0 Å². The second-order valence-electron chi connectivity index (χ2n) is 8.21. The lowest BCUT2D eigenvalue weighted by Gasteiger charge is -2.34. The molecule has 1 saturated heterocycles. The molecule has 0 bridgehead atoms. The number of unbranched alkanes of at least 4 members (excludes halogenated alkanes) is 1. The number of hydrogen-bond acceptors (Lipinski definition) is 6. The number of amides is 1. The highest BCUT2D eigenvalue weighted by atomic mass is 16.5. The molecule has 2 aliphatic heterocycles. The van der Waals surface area contributed by atoms with Crippen LogP contribution in [0.1, 0.15) is 52.0 Å². The number of carbonyl (C=O) groups excluding carboxylic acids is 1. The van der Waals surface area contributed by atoms with Crippen LogP contribution < -0.4 is 15.4 Å². The molecule has 3 rings (SSSR count). The van der Waals surface area contributed by atoms with E-state index < -0.39 is 0 Å². The summed E-state index contributed by atoms with van der Waals surface area (Å²) in [6.45, 7) is 11.3. The normalized spacial score (nSPS) is 18.4. The summed E-state index contributed by atoms with van der Waals surface area (Å²) in [7, 11) is 0. The summed E-state index contributed by atoms with van der Waals surface area (Å²) in [5.41, 5.74) is 6.83. The second-order valence-corrected chi connectivity index (χ2v) is 8.21. The summed E-state index contributed by atoms with van der Waals surface area (Å²) in [6.07, 6.45) is 4.51. The predicted molar refractivity (Wildman–Crippen MR) is 107 cm³/mol. The number of piperidine rings is 1. The lowest BCUT2D eigenvalue weighted by molar-refractivity contribution is -0.117. The van der Waals surface area contributed by atoms with Crippen LogP contribution in [-0.2, 0) is 11.2 Å². The number of nitrogens with zero attached hydrogens (tertiary/aromatic N) is 4. The fourth-order valence-electron chi connectivity index (χ4n) is 3.91. The molecule has 1 amide bonds. The van der Waals surface area contributed by atoms with Gasteiger partial charge in [0, 0.05) is 18.7 Å². The lowest BCUT2D eigenvalue weighted by atomic mass is 9.95. The summed E-state index contributed by atoms with van der Waals surface area (Å²) in [5.74, 6) is 2.29. The number of ether oxygens (including phenoxy) is 1. The number of hydrogen-bond donors (Lipinski definition) is 1. The molecule has 2 N–H and O–H groups in total. The van der Waals surface area contributed by atoms with E-state index in [9.17, 15) is 4.79 Å². The van der Waals surface area contributed by atoms with Crippen LogP contribution in [0.5, 0.6) is 6.01 Å². The molecule has 0 spiro atoms. The standard InChI is InChI=1S/C20H33N5O2/c1-4-5-10-27-20-22-18(21)16-11-17(26)25(19(16)23-20)13-15-6-8-24(9-7-15)12-14(2)3/h14-15H,4-13H2,1-3H3,(H2,21,22,23). The Morgan fingerprint density at radius 3 is 2.67 bits per heavy atom. The van der Waals surface area contributed by atoms with Gasteiger partial charge in [0.25, 0.3) is 0 Å². The Morgan fingerprint density at radius 1 is 1.26 bits per heavy atom. The van der Waals surface area contributed by atoms with Gasteiger partial charge < -0.3 is 15.4 Å². The largest absolute Gasteiger partial charge is 0.463 e. The van der Waals surface area contributed by atoms with Crippen LogP contribution in [0.15, 0.2) is 0 Å². The van der Waals surface area contributed by atoms with Gasteiger partial charge in [0.2, 0.25) is 5.91 Å².